The van der Waals surface area contributed by atoms with E-state index in [-0.39, 0.29) is 25.9 Å². The van der Waals surface area contributed by atoms with Crippen molar-refractivity contribution >= 4 is 17.9 Å². The summed E-state index contributed by atoms with van der Waals surface area (Å²) in [6, 6.07) is 0. The quantitative estimate of drug-likeness (QED) is 0.526. The minimum absolute atomic E-state index is 0.139. The summed E-state index contributed by atoms with van der Waals surface area (Å²) >= 11 is 0. The van der Waals surface area contributed by atoms with Gasteiger partial charge < -0.3 is 14.2 Å². The molecule has 116 valence electrons. The third kappa shape index (κ3) is 9.35. The minimum Gasteiger partial charge on any atom is -0.462 e. The summed E-state index contributed by atoms with van der Waals surface area (Å²) in [6.07, 6.45) is -0.541. The molecule has 0 aliphatic heterocycles. The number of hydrogen-bond donors (Lipinski definition) is 0. The second kappa shape index (κ2) is 8.55. The van der Waals surface area contributed by atoms with E-state index in [1.165, 1.54) is 0 Å². The summed E-state index contributed by atoms with van der Waals surface area (Å²) in [4.78, 5) is 34.1. The fraction of sp³-hybridized carbons (Fsp3) is 0.786. The summed E-state index contributed by atoms with van der Waals surface area (Å²) in [6.45, 7) is 8.39. The molecule has 1 unspecified atom stereocenters. The highest BCUT2D eigenvalue weighted by atomic mass is 16.6. The number of carbonyl (C=O) groups is 3. The zero-order valence-corrected chi connectivity index (χ0v) is 12.9. The molecule has 1 atom stereocenters. The van der Waals surface area contributed by atoms with Gasteiger partial charge in [0.05, 0.1) is 6.42 Å². The van der Waals surface area contributed by atoms with Crippen LogP contribution in [0.1, 0.15) is 53.9 Å². The molecule has 0 aromatic rings. The lowest BCUT2D eigenvalue weighted by Gasteiger charge is -2.22. The average Bonchev–Trinajstić information content (AvgIpc) is 2.32. The lowest BCUT2D eigenvalue weighted by molar-refractivity contribution is -0.167. The molecule has 0 N–H and O–H groups in total. The van der Waals surface area contributed by atoms with Crippen LogP contribution in [0.2, 0.25) is 0 Å². The average molecular weight is 288 g/mol. The second-order valence-corrected chi connectivity index (χ2v) is 5.29. The topological polar surface area (TPSA) is 78.9 Å². The SMILES string of the molecule is CCC(=O)OCC(CC(=O)OC(C)(C)C)OC(=O)CC. The number of hydrogen-bond acceptors (Lipinski definition) is 6. The Morgan fingerprint density at radius 3 is 1.95 bits per heavy atom. The van der Waals surface area contributed by atoms with Crippen molar-refractivity contribution in [2.24, 2.45) is 0 Å². The molecule has 0 heterocycles. The van der Waals surface area contributed by atoms with E-state index >= 15 is 0 Å². The third-order valence-corrected chi connectivity index (χ3v) is 2.12. The van der Waals surface area contributed by atoms with Gasteiger partial charge in [-0.05, 0) is 20.8 Å². The molecule has 0 aliphatic rings. The van der Waals surface area contributed by atoms with Gasteiger partial charge in [0.2, 0.25) is 0 Å². The van der Waals surface area contributed by atoms with Crippen LogP contribution >= 0.6 is 0 Å². The van der Waals surface area contributed by atoms with Crippen molar-refractivity contribution in [2.75, 3.05) is 6.61 Å². The van der Waals surface area contributed by atoms with Gasteiger partial charge in [-0.2, -0.15) is 0 Å². The molecule has 6 nitrogen and oxygen atoms in total. The first-order valence-electron chi connectivity index (χ1n) is 6.74. The van der Waals surface area contributed by atoms with Gasteiger partial charge in [0, 0.05) is 12.8 Å². The van der Waals surface area contributed by atoms with E-state index in [2.05, 4.69) is 0 Å². The molecule has 0 rings (SSSR count). The van der Waals surface area contributed by atoms with E-state index in [0.717, 1.165) is 0 Å². The van der Waals surface area contributed by atoms with Gasteiger partial charge in [0.25, 0.3) is 0 Å². The second-order valence-electron chi connectivity index (χ2n) is 5.29. The Morgan fingerprint density at radius 1 is 0.950 bits per heavy atom. The summed E-state index contributed by atoms with van der Waals surface area (Å²) in [5.41, 5.74) is -0.615. The van der Waals surface area contributed by atoms with Crippen LogP contribution in [0, 0.1) is 0 Å². The monoisotopic (exact) mass is 288 g/mol. The summed E-state index contributed by atoms with van der Waals surface area (Å²) in [7, 11) is 0. The highest BCUT2D eigenvalue weighted by molar-refractivity contribution is 5.73. The zero-order chi connectivity index (χ0) is 15.8. The zero-order valence-electron chi connectivity index (χ0n) is 12.9. The van der Waals surface area contributed by atoms with Crippen molar-refractivity contribution in [2.45, 2.75) is 65.6 Å². The van der Waals surface area contributed by atoms with Gasteiger partial charge in [0.15, 0.2) is 0 Å². The highest BCUT2D eigenvalue weighted by Gasteiger charge is 2.23. The molecular formula is C14H24O6. The molecule has 0 aromatic heterocycles. The Kier molecular flexibility index (Phi) is 7.87. The standard InChI is InChI=1S/C14H24O6/c1-6-11(15)18-9-10(19-12(16)7-2)8-13(17)20-14(3,4)5/h10H,6-9H2,1-5H3. The van der Waals surface area contributed by atoms with E-state index in [0.29, 0.717) is 0 Å². The Hall–Kier alpha value is -1.59. The molecule has 0 amide bonds. The summed E-state index contributed by atoms with van der Waals surface area (Å²) < 4.78 is 15.1. The summed E-state index contributed by atoms with van der Waals surface area (Å²) in [5.74, 6) is -1.36. The van der Waals surface area contributed by atoms with Crippen molar-refractivity contribution < 1.29 is 28.6 Å². The van der Waals surface area contributed by atoms with Crippen molar-refractivity contribution in [1.82, 2.24) is 0 Å². The largest absolute Gasteiger partial charge is 0.462 e. The number of ether oxygens (including phenoxy) is 3. The molecule has 0 radical (unpaired) electrons. The molecule has 0 saturated heterocycles. The normalized spacial score (nSPS) is 12.4. The lowest BCUT2D eigenvalue weighted by atomic mass is 10.2. The fourth-order valence-corrected chi connectivity index (χ4v) is 1.26. The Balaban J connectivity index is 4.47. The van der Waals surface area contributed by atoms with Crippen LogP contribution in [-0.2, 0) is 28.6 Å². The predicted octanol–water partition coefficient (Wildman–Crippen LogP) is 1.99. The van der Waals surface area contributed by atoms with Crippen molar-refractivity contribution in [3.05, 3.63) is 0 Å². The molecule has 0 spiro atoms. The Morgan fingerprint density at radius 2 is 1.50 bits per heavy atom. The molecular weight excluding hydrogens is 264 g/mol. The molecule has 0 bridgehead atoms. The van der Waals surface area contributed by atoms with Crippen LogP contribution < -0.4 is 0 Å². The van der Waals surface area contributed by atoms with Crippen LogP contribution in [0.5, 0.6) is 0 Å². The predicted molar refractivity (Wildman–Crippen MR) is 71.9 cm³/mol. The molecule has 0 aromatic carbocycles. The van der Waals surface area contributed by atoms with Gasteiger partial charge in [-0.25, -0.2) is 0 Å². The maximum absolute atomic E-state index is 11.7. The van der Waals surface area contributed by atoms with Crippen molar-refractivity contribution in [3.63, 3.8) is 0 Å². The van der Waals surface area contributed by atoms with Crippen LogP contribution in [0.15, 0.2) is 0 Å². The van der Waals surface area contributed by atoms with Crippen LogP contribution in [0.4, 0.5) is 0 Å². The third-order valence-electron chi connectivity index (χ3n) is 2.12. The highest BCUT2D eigenvalue weighted by Crippen LogP contribution is 2.11. The number of esters is 3. The van der Waals surface area contributed by atoms with Gasteiger partial charge >= 0.3 is 17.9 Å². The molecule has 0 saturated carbocycles. The number of carbonyl (C=O) groups excluding carboxylic acids is 3. The first-order valence-corrected chi connectivity index (χ1v) is 6.74. The summed E-state index contributed by atoms with van der Waals surface area (Å²) in [5, 5.41) is 0. The first kappa shape index (κ1) is 18.4. The van der Waals surface area contributed by atoms with Crippen molar-refractivity contribution in [1.29, 1.82) is 0 Å². The van der Waals surface area contributed by atoms with Crippen LogP contribution in [-0.4, -0.2) is 36.2 Å². The first-order chi connectivity index (χ1) is 9.17. The maximum Gasteiger partial charge on any atom is 0.310 e. The molecule has 20 heavy (non-hydrogen) atoms. The van der Waals surface area contributed by atoms with Crippen molar-refractivity contribution in [3.8, 4) is 0 Å². The van der Waals surface area contributed by atoms with E-state index in [4.69, 9.17) is 14.2 Å². The molecule has 0 aliphatic carbocycles. The van der Waals surface area contributed by atoms with E-state index in [9.17, 15) is 14.4 Å². The van der Waals surface area contributed by atoms with E-state index in [1.54, 1.807) is 34.6 Å². The maximum atomic E-state index is 11.7. The van der Waals surface area contributed by atoms with E-state index in [1.807, 2.05) is 0 Å². The fourth-order valence-electron chi connectivity index (χ4n) is 1.26. The Bertz CT molecular complexity index is 342. The minimum atomic E-state index is -0.812. The van der Waals surface area contributed by atoms with Gasteiger partial charge in [-0.15, -0.1) is 0 Å². The van der Waals surface area contributed by atoms with Crippen LogP contribution in [0.25, 0.3) is 0 Å². The van der Waals surface area contributed by atoms with Crippen LogP contribution in [0.3, 0.4) is 0 Å². The Labute approximate surface area is 119 Å². The molecule has 6 heteroatoms. The molecule has 0 fully saturated rings. The van der Waals surface area contributed by atoms with E-state index < -0.39 is 29.6 Å². The lowest BCUT2D eigenvalue weighted by Crippen LogP contribution is -2.31. The van der Waals surface area contributed by atoms with Gasteiger partial charge in [-0.1, -0.05) is 13.8 Å². The smallest absolute Gasteiger partial charge is 0.310 e. The van der Waals surface area contributed by atoms with Gasteiger partial charge in [-0.3, -0.25) is 14.4 Å². The van der Waals surface area contributed by atoms with Gasteiger partial charge in [0.1, 0.15) is 18.3 Å². The number of rotatable bonds is 7.